The highest BCUT2D eigenvalue weighted by molar-refractivity contribution is 7.80. The normalized spacial score (nSPS) is 15.4. The quantitative estimate of drug-likeness (QED) is 0.378. The Balaban J connectivity index is 1.63. The Morgan fingerprint density at radius 3 is 2.32 bits per heavy atom. The van der Waals surface area contributed by atoms with Crippen molar-refractivity contribution in [3.05, 3.63) is 83.7 Å². The Labute approximate surface area is 185 Å². The summed E-state index contributed by atoms with van der Waals surface area (Å²) in [6.45, 7) is 2.06. The SMILES string of the molecule is CCc1ccc(N2C(=O)/C(=C\c3ccn(-c4ccc(OC)cc4)c3)C(=O)NC2=S)cc1. The Bertz CT molecular complexity index is 1180. The lowest BCUT2D eigenvalue weighted by molar-refractivity contribution is -0.122. The first-order chi connectivity index (χ1) is 15.0. The number of hydrogen-bond donors (Lipinski definition) is 1. The molecule has 0 atom stereocenters. The van der Waals surface area contributed by atoms with E-state index < -0.39 is 11.8 Å². The van der Waals surface area contributed by atoms with Crippen LogP contribution in [0.3, 0.4) is 0 Å². The van der Waals surface area contributed by atoms with Crippen molar-refractivity contribution < 1.29 is 14.3 Å². The van der Waals surface area contributed by atoms with Crippen molar-refractivity contribution in [2.24, 2.45) is 0 Å². The van der Waals surface area contributed by atoms with Crippen LogP contribution in [0.5, 0.6) is 5.75 Å². The van der Waals surface area contributed by atoms with Crippen molar-refractivity contribution >= 4 is 40.9 Å². The summed E-state index contributed by atoms with van der Waals surface area (Å²) in [6.07, 6.45) is 6.19. The zero-order valence-electron chi connectivity index (χ0n) is 17.2. The zero-order valence-corrected chi connectivity index (χ0v) is 18.0. The first kappa shape index (κ1) is 20.6. The molecule has 1 aromatic heterocycles. The Kier molecular flexibility index (Phi) is 5.68. The summed E-state index contributed by atoms with van der Waals surface area (Å²) in [5.74, 6) is -0.186. The van der Waals surface area contributed by atoms with Crippen molar-refractivity contribution in [3.63, 3.8) is 0 Å². The topological polar surface area (TPSA) is 63.6 Å². The number of aromatic nitrogens is 1. The van der Waals surface area contributed by atoms with Gasteiger partial charge in [0.15, 0.2) is 5.11 Å². The second-order valence-corrected chi connectivity index (χ2v) is 7.41. The molecule has 4 rings (SSSR count). The van der Waals surface area contributed by atoms with Crippen LogP contribution in [0.1, 0.15) is 18.1 Å². The molecule has 1 N–H and O–H groups in total. The average molecular weight is 432 g/mol. The Hall–Kier alpha value is -3.71. The number of hydrogen-bond acceptors (Lipinski definition) is 4. The summed E-state index contributed by atoms with van der Waals surface area (Å²) in [7, 11) is 1.62. The second-order valence-electron chi connectivity index (χ2n) is 7.03. The van der Waals surface area contributed by atoms with E-state index in [9.17, 15) is 9.59 Å². The summed E-state index contributed by atoms with van der Waals surface area (Å²) >= 11 is 5.26. The van der Waals surface area contributed by atoms with E-state index in [2.05, 4.69) is 12.2 Å². The van der Waals surface area contributed by atoms with Crippen molar-refractivity contribution in [1.29, 1.82) is 0 Å². The van der Waals surface area contributed by atoms with Crippen LogP contribution in [-0.4, -0.2) is 28.6 Å². The van der Waals surface area contributed by atoms with Crippen LogP contribution in [0.15, 0.2) is 72.6 Å². The smallest absolute Gasteiger partial charge is 0.270 e. The molecule has 1 aliphatic rings. The first-order valence-corrected chi connectivity index (χ1v) is 10.2. The summed E-state index contributed by atoms with van der Waals surface area (Å²) in [5.41, 5.74) is 3.46. The summed E-state index contributed by atoms with van der Waals surface area (Å²) in [4.78, 5) is 27.0. The number of ether oxygens (including phenoxy) is 1. The number of aryl methyl sites for hydroxylation is 1. The maximum atomic E-state index is 13.1. The molecular formula is C24H21N3O3S. The third-order valence-corrected chi connectivity index (χ3v) is 5.39. The van der Waals surface area contributed by atoms with E-state index >= 15 is 0 Å². The second kappa shape index (κ2) is 8.57. The maximum Gasteiger partial charge on any atom is 0.270 e. The van der Waals surface area contributed by atoms with Gasteiger partial charge in [-0.15, -0.1) is 0 Å². The molecule has 0 spiro atoms. The third-order valence-electron chi connectivity index (χ3n) is 5.10. The predicted octanol–water partition coefficient (Wildman–Crippen LogP) is 3.88. The third kappa shape index (κ3) is 4.13. The lowest BCUT2D eigenvalue weighted by atomic mass is 10.1. The van der Waals surface area contributed by atoms with E-state index in [1.807, 2.05) is 71.6 Å². The fourth-order valence-electron chi connectivity index (χ4n) is 3.35. The van der Waals surface area contributed by atoms with Crippen LogP contribution in [-0.2, 0) is 16.0 Å². The Morgan fingerprint density at radius 1 is 1.00 bits per heavy atom. The molecule has 1 saturated heterocycles. The number of anilines is 1. The van der Waals surface area contributed by atoms with E-state index in [4.69, 9.17) is 17.0 Å². The Morgan fingerprint density at radius 2 is 1.68 bits per heavy atom. The summed E-state index contributed by atoms with van der Waals surface area (Å²) in [5, 5.41) is 2.69. The van der Waals surface area contributed by atoms with E-state index in [0.717, 1.165) is 29.0 Å². The molecule has 156 valence electrons. The molecule has 0 radical (unpaired) electrons. The molecule has 7 heteroatoms. The van der Waals surface area contributed by atoms with Crippen LogP contribution in [0, 0.1) is 0 Å². The zero-order chi connectivity index (χ0) is 22.0. The van der Waals surface area contributed by atoms with E-state index in [-0.39, 0.29) is 10.7 Å². The number of carbonyl (C=O) groups is 2. The van der Waals surface area contributed by atoms with E-state index in [1.165, 1.54) is 4.90 Å². The fraction of sp³-hybridized carbons (Fsp3) is 0.125. The number of carbonyl (C=O) groups excluding carboxylic acids is 2. The summed E-state index contributed by atoms with van der Waals surface area (Å²) < 4.78 is 7.09. The van der Waals surface area contributed by atoms with Crippen LogP contribution in [0.4, 0.5) is 5.69 Å². The lowest BCUT2D eigenvalue weighted by Gasteiger charge is -2.29. The predicted molar refractivity (Wildman–Crippen MR) is 124 cm³/mol. The minimum atomic E-state index is -0.506. The number of methoxy groups -OCH3 is 1. The molecule has 6 nitrogen and oxygen atoms in total. The van der Waals surface area contributed by atoms with Crippen LogP contribution < -0.4 is 15.0 Å². The molecular weight excluding hydrogens is 410 g/mol. The van der Waals surface area contributed by atoms with Crippen LogP contribution >= 0.6 is 12.2 Å². The molecule has 2 amide bonds. The molecule has 0 unspecified atom stereocenters. The van der Waals surface area contributed by atoms with Crippen molar-refractivity contribution in [2.75, 3.05) is 12.0 Å². The molecule has 1 aliphatic heterocycles. The van der Waals surface area contributed by atoms with Gasteiger partial charge in [-0.3, -0.25) is 19.8 Å². The molecule has 3 aromatic rings. The van der Waals surface area contributed by atoms with Gasteiger partial charge >= 0.3 is 0 Å². The van der Waals surface area contributed by atoms with Crippen molar-refractivity contribution in [1.82, 2.24) is 9.88 Å². The van der Waals surface area contributed by atoms with Gasteiger partial charge in [-0.1, -0.05) is 19.1 Å². The minimum absolute atomic E-state index is 0.0284. The number of nitrogens with one attached hydrogen (secondary N) is 1. The molecule has 31 heavy (non-hydrogen) atoms. The molecule has 0 aliphatic carbocycles. The van der Waals surface area contributed by atoms with Gasteiger partial charge in [-0.05, 0) is 78.3 Å². The monoisotopic (exact) mass is 431 g/mol. The molecule has 2 aromatic carbocycles. The maximum absolute atomic E-state index is 13.1. The van der Waals surface area contributed by atoms with Crippen LogP contribution in [0.2, 0.25) is 0 Å². The lowest BCUT2D eigenvalue weighted by Crippen LogP contribution is -2.54. The average Bonchev–Trinajstić information content (AvgIpc) is 3.26. The number of rotatable bonds is 5. The highest BCUT2D eigenvalue weighted by Gasteiger charge is 2.34. The number of benzene rings is 2. The minimum Gasteiger partial charge on any atom is -0.497 e. The van der Waals surface area contributed by atoms with E-state index in [0.29, 0.717) is 5.69 Å². The molecule has 1 fully saturated rings. The molecule has 0 bridgehead atoms. The van der Waals surface area contributed by atoms with Gasteiger partial charge in [-0.2, -0.15) is 0 Å². The van der Waals surface area contributed by atoms with Crippen LogP contribution in [0.25, 0.3) is 11.8 Å². The molecule has 2 heterocycles. The largest absolute Gasteiger partial charge is 0.497 e. The summed E-state index contributed by atoms with van der Waals surface area (Å²) in [6, 6.07) is 17.0. The van der Waals surface area contributed by atoms with Gasteiger partial charge < -0.3 is 9.30 Å². The van der Waals surface area contributed by atoms with Crippen molar-refractivity contribution in [2.45, 2.75) is 13.3 Å². The van der Waals surface area contributed by atoms with Gasteiger partial charge in [-0.25, -0.2) is 0 Å². The van der Waals surface area contributed by atoms with Gasteiger partial charge in [0.2, 0.25) is 0 Å². The van der Waals surface area contributed by atoms with Gasteiger partial charge in [0, 0.05) is 18.1 Å². The van der Waals surface area contributed by atoms with Gasteiger partial charge in [0.1, 0.15) is 11.3 Å². The van der Waals surface area contributed by atoms with E-state index in [1.54, 1.807) is 13.2 Å². The van der Waals surface area contributed by atoms with Gasteiger partial charge in [0.05, 0.1) is 12.8 Å². The first-order valence-electron chi connectivity index (χ1n) is 9.83. The highest BCUT2D eigenvalue weighted by atomic mass is 32.1. The van der Waals surface area contributed by atoms with Crippen molar-refractivity contribution in [3.8, 4) is 11.4 Å². The fourth-order valence-corrected chi connectivity index (χ4v) is 3.63. The van der Waals surface area contributed by atoms with Gasteiger partial charge in [0.25, 0.3) is 11.8 Å². The standard InChI is InChI=1S/C24H21N3O3S/c1-3-16-4-6-19(7-5-16)27-23(29)21(22(28)25-24(27)31)14-17-12-13-26(15-17)18-8-10-20(30-2)11-9-18/h4-15H,3H2,1-2H3,(H,25,28,31)/b21-14-. The number of nitrogens with zero attached hydrogens (tertiary/aromatic N) is 2. The number of thiocarbonyl (C=S) groups is 1. The number of amides is 2. The molecule has 0 saturated carbocycles. The highest BCUT2D eigenvalue weighted by Crippen LogP contribution is 2.23.